The molecule has 1 aliphatic carbocycles. The molecule has 0 saturated carbocycles. The quantitative estimate of drug-likeness (QED) is 0.607. The van der Waals surface area contributed by atoms with E-state index in [-0.39, 0.29) is 0 Å². The van der Waals surface area contributed by atoms with Crippen LogP contribution in [0.25, 0.3) is 0 Å². The highest BCUT2D eigenvalue weighted by Gasteiger charge is 2.10. The van der Waals surface area contributed by atoms with Gasteiger partial charge in [-0.25, -0.2) is 0 Å². The van der Waals surface area contributed by atoms with E-state index in [2.05, 4.69) is 24.4 Å². The summed E-state index contributed by atoms with van der Waals surface area (Å²) < 4.78 is 5.52. The number of ether oxygens (including phenoxy) is 1. The van der Waals surface area contributed by atoms with Crippen LogP contribution in [0, 0.1) is 0 Å². The van der Waals surface area contributed by atoms with Gasteiger partial charge in [-0.15, -0.1) is 0 Å². The normalized spacial score (nSPS) is 28.8. The Hall–Kier alpha value is -1.44. The second-order valence-corrected chi connectivity index (χ2v) is 3.16. The Bertz CT molecular complexity index is 321. The van der Waals surface area contributed by atoms with Gasteiger partial charge in [0.2, 0.25) is 0 Å². The summed E-state index contributed by atoms with van der Waals surface area (Å²) in [5.74, 6) is 0.940. The molecule has 1 fully saturated rings. The second-order valence-electron chi connectivity index (χ2n) is 3.16. The van der Waals surface area contributed by atoms with Crippen molar-refractivity contribution in [3.63, 3.8) is 0 Å². The minimum Gasteiger partial charge on any atom is -0.490 e. The zero-order valence-corrected chi connectivity index (χ0v) is 7.71. The van der Waals surface area contributed by atoms with Crippen molar-refractivity contribution in [3.05, 3.63) is 47.4 Å². The molecule has 2 nitrogen and oxygen atoms in total. The van der Waals surface area contributed by atoms with E-state index in [1.807, 2.05) is 18.2 Å². The van der Waals surface area contributed by atoms with Crippen LogP contribution in [0.3, 0.4) is 0 Å². The van der Waals surface area contributed by atoms with Gasteiger partial charge in [-0.3, -0.25) is 0 Å². The summed E-state index contributed by atoms with van der Waals surface area (Å²) in [5.41, 5.74) is 2.31. The molecule has 0 radical (unpaired) electrons. The van der Waals surface area contributed by atoms with Crippen LogP contribution in [0.15, 0.2) is 47.4 Å². The summed E-state index contributed by atoms with van der Waals surface area (Å²) in [6.45, 7) is 3.71. The molecule has 2 aliphatic rings. The lowest BCUT2D eigenvalue weighted by molar-refractivity contribution is 0.197. The third-order valence-electron chi connectivity index (χ3n) is 2.06. The lowest BCUT2D eigenvalue weighted by atomic mass is 10.1. The first kappa shape index (κ1) is 8.17. The van der Waals surface area contributed by atoms with Gasteiger partial charge in [-0.1, -0.05) is 23.8 Å². The predicted octanol–water partition coefficient (Wildman–Crippen LogP) is 1.89. The average molecular weight is 175 g/mol. The Morgan fingerprint density at radius 3 is 3.15 bits per heavy atom. The van der Waals surface area contributed by atoms with Crippen molar-refractivity contribution in [2.75, 3.05) is 13.2 Å². The van der Waals surface area contributed by atoms with Gasteiger partial charge in [0.25, 0.3) is 0 Å². The molecule has 0 bridgehead atoms. The van der Waals surface area contributed by atoms with E-state index in [0.717, 1.165) is 24.6 Å². The number of nitrogens with one attached hydrogen (secondary N) is 1. The Balaban J connectivity index is 2.31. The molecular formula is C11H13NO. The van der Waals surface area contributed by atoms with Gasteiger partial charge in [0.05, 0.1) is 5.70 Å². The van der Waals surface area contributed by atoms with E-state index in [4.69, 9.17) is 4.74 Å². The van der Waals surface area contributed by atoms with Crippen LogP contribution in [0.2, 0.25) is 0 Å². The van der Waals surface area contributed by atoms with Gasteiger partial charge in [0.1, 0.15) is 12.4 Å². The molecule has 2 rings (SSSR count). The number of hydrogen-bond donors (Lipinski definition) is 1. The Morgan fingerprint density at radius 1 is 1.31 bits per heavy atom. The summed E-state index contributed by atoms with van der Waals surface area (Å²) >= 11 is 0. The molecule has 0 spiro atoms. The van der Waals surface area contributed by atoms with Crippen molar-refractivity contribution >= 4 is 0 Å². The highest BCUT2D eigenvalue weighted by atomic mass is 16.5. The minimum atomic E-state index is 0.750. The Morgan fingerprint density at radius 2 is 2.23 bits per heavy atom. The largest absolute Gasteiger partial charge is 0.490 e. The SMILES string of the molecule is CC1=C/C=C2/OCCN/C2=C/C=C1. The lowest BCUT2D eigenvalue weighted by Gasteiger charge is -2.21. The molecule has 0 unspecified atom stereocenters. The first-order chi connectivity index (χ1) is 6.36. The van der Waals surface area contributed by atoms with E-state index < -0.39 is 0 Å². The summed E-state index contributed by atoms with van der Waals surface area (Å²) in [4.78, 5) is 0. The highest BCUT2D eigenvalue weighted by Crippen LogP contribution is 2.15. The molecule has 1 heterocycles. The Kier molecular flexibility index (Phi) is 2.21. The molecule has 1 N–H and O–H groups in total. The number of rotatable bonds is 0. The van der Waals surface area contributed by atoms with Gasteiger partial charge in [-0.05, 0) is 19.1 Å². The molecule has 0 aromatic rings. The second kappa shape index (κ2) is 3.52. The first-order valence-corrected chi connectivity index (χ1v) is 4.50. The average Bonchev–Trinajstić information content (AvgIpc) is 2.13. The van der Waals surface area contributed by atoms with Crippen LogP contribution in [0.5, 0.6) is 0 Å². The molecule has 1 aliphatic heterocycles. The molecule has 1 saturated heterocycles. The predicted molar refractivity (Wildman–Crippen MR) is 53.0 cm³/mol. The fourth-order valence-electron chi connectivity index (χ4n) is 1.35. The van der Waals surface area contributed by atoms with Crippen molar-refractivity contribution in [2.45, 2.75) is 6.92 Å². The maximum atomic E-state index is 5.52. The number of fused-ring (bicyclic) bond motifs is 1. The van der Waals surface area contributed by atoms with Crippen molar-refractivity contribution < 1.29 is 4.74 Å². The van der Waals surface area contributed by atoms with Gasteiger partial charge in [-0.2, -0.15) is 0 Å². The summed E-state index contributed by atoms with van der Waals surface area (Å²) in [5, 5.41) is 3.29. The van der Waals surface area contributed by atoms with Crippen molar-refractivity contribution in [1.82, 2.24) is 5.32 Å². The molecule has 0 aromatic carbocycles. The molecule has 13 heavy (non-hydrogen) atoms. The van der Waals surface area contributed by atoms with Crippen molar-refractivity contribution in [1.29, 1.82) is 0 Å². The van der Waals surface area contributed by atoms with Crippen LogP contribution in [0.4, 0.5) is 0 Å². The molecule has 0 atom stereocenters. The van der Waals surface area contributed by atoms with Gasteiger partial charge < -0.3 is 10.1 Å². The van der Waals surface area contributed by atoms with Crippen LogP contribution in [0.1, 0.15) is 6.92 Å². The smallest absolute Gasteiger partial charge is 0.142 e. The van der Waals surface area contributed by atoms with Crippen LogP contribution < -0.4 is 5.32 Å². The fourth-order valence-corrected chi connectivity index (χ4v) is 1.35. The van der Waals surface area contributed by atoms with E-state index in [1.165, 1.54) is 5.57 Å². The summed E-state index contributed by atoms with van der Waals surface area (Å²) in [6.07, 6.45) is 10.2. The van der Waals surface area contributed by atoms with E-state index in [0.29, 0.717) is 0 Å². The highest BCUT2D eigenvalue weighted by molar-refractivity contribution is 5.38. The zero-order valence-electron chi connectivity index (χ0n) is 7.71. The van der Waals surface area contributed by atoms with E-state index in [1.54, 1.807) is 0 Å². The number of morpholine rings is 1. The molecule has 68 valence electrons. The standard InChI is InChI=1S/C11H13NO/c1-9-3-2-4-10-11(6-5-9)13-8-7-12-10/h2-6,12H,7-8H2,1H3/b3-2?,4-2?,6-5?,9-3?,9-5?,10-4+,11-6+. The molecule has 2 heteroatoms. The van der Waals surface area contributed by atoms with Crippen molar-refractivity contribution in [3.8, 4) is 0 Å². The monoisotopic (exact) mass is 175 g/mol. The number of allylic oxidation sites excluding steroid dienone is 6. The molecule has 0 aromatic heterocycles. The third kappa shape index (κ3) is 1.83. The summed E-state index contributed by atoms with van der Waals surface area (Å²) in [7, 11) is 0. The summed E-state index contributed by atoms with van der Waals surface area (Å²) in [6, 6.07) is 0. The van der Waals surface area contributed by atoms with Gasteiger partial charge in [0, 0.05) is 6.54 Å². The maximum Gasteiger partial charge on any atom is 0.142 e. The van der Waals surface area contributed by atoms with Crippen LogP contribution in [-0.2, 0) is 4.74 Å². The minimum absolute atomic E-state index is 0.750. The fraction of sp³-hybridized carbons (Fsp3) is 0.273. The van der Waals surface area contributed by atoms with Crippen LogP contribution in [-0.4, -0.2) is 13.2 Å². The zero-order chi connectivity index (χ0) is 9.10. The molecule has 0 amide bonds. The lowest BCUT2D eigenvalue weighted by Crippen LogP contribution is -2.27. The third-order valence-corrected chi connectivity index (χ3v) is 2.06. The number of hydrogen-bond acceptors (Lipinski definition) is 2. The van der Waals surface area contributed by atoms with Crippen LogP contribution >= 0.6 is 0 Å². The Labute approximate surface area is 78.3 Å². The van der Waals surface area contributed by atoms with Gasteiger partial charge >= 0.3 is 0 Å². The molecular weight excluding hydrogens is 162 g/mol. The van der Waals surface area contributed by atoms with Crippen molar-refractivity contribution in [2.24, 2.45) is 0 Å². The topological polar surface area (TPSA) is 21.3 Å². The first-order valence-electron chi connectivity index (χ1n) is 4.50. The van der Waals surface area contributed by atoms with E-state index >= 15 is 0 Å². The van der Waals surface area contributed by atoms with Gasteiger partial charge in [0.15, 0.2) is 0 Å². The van der Waals surface area contributed by atoms with E-state index in [9.17, 15) is 0 Å². The maximum absolute atomic E-state index is 5.52.